The molecule has 1 aliphatic carbocycles. The molecule has 1 heterocycles. The smallest absolute Gasteiger partial charge is 0.137 e. The van der Waals surface area contributed by atoms with Crippen LogP contribution in [-0.4, -0.2) is 9.97 Å². The van der Waals surface area contributed by atoms with E-state index in [0.29, 0.717) is 5.92 Å². The number of anilines is 1. The van der Waals surface area contributed by atoms with Gasteiger partial charge in [-0.2, -0.15) is 0 Å². The fourth-order valence-corrected chi connectivity index (χ4v) is 2.63. The van der Waals surface area contributed by atoms with Gasteiger partial charge in [0.2, 0.25) is 0 Å². The number of nitrogens with zero attached hydrogens (tertiary/aromatic N) is 1. The van der Waals surface area contributed by atoms with Crippen LogP contribution in [0, 0.1) is 0 Å². The molecule has 0 radical (unpaired) electrons. The molecule has 3 rings (SSSR count). The molecule has 3 heteroatoms. The molecule has 3 nitrogen and oxygen atoms in total. The summed E-state index contributed by atoms with van der Waals surface area (Å²) in [6.45, 7) is 2.23. The Hall–Kier alpha value is -1.77. The van der Waals surface area contributed by atoms with E-state index in [0.717, 1.165) is 23.5 Å². The van der Waals surface area contributed by atoms with Crippen LogP contribution in [0.3, 0.4) is 0 Å². The van der Waals surface area contributed by atoms with Crippen LogP contribution in [0.5, 0.6) is 0 Å². The molecule has 0 saturated carbocycles. The Labute approximate surface area is 101 Å². The van der Waals surface area contributed by atoms with E-state index in [2.05, 4.69) is 11.9 Å². The standard InChI is InChI=1S/C14H17N3/c1-2-9-6-7-12-13(9)17-14(16-12)10-4-3-5-11(15)8-10/h3-5,8-9H,2,6-7,15H2,1H3,(H,16,17). The van der Waals surface area contributed by atoms with E-state index < -0.39 is 0 Å². The molecule has 1 aromatic carbocycles. The van der Waals surface area contributed by atoms with Crippen molar-refractivity contribution < 1.29 is 0 Å². The minimum atomic E-state index is 0.635. The Morgan fingerprint density at radius 1 is 1.47 bits per heavy atom. The van der Waals surface area contributed by atoms with Gasteiger partial charge in [-0.05, 0) is 31.4 Å². The summed E-state index contributed by atoms with van der Waals surface area (Å²) in [7, 11) is 0. The van der Waals surface area contributed by atoms with Gasteiger partial charge in [0.15, 0.2) is 0 Å². The van der Waals surface area contributed by atoms with Crippen LogP contribution < -0.4 is 5.73 Å². The first kappa shape index (κ1) is 10.4. The van der Waals surface area contributed by atoms with Gasteiger partial charge in [0, 0.05) is 22.9 Å². The lowest BCUT2D eigenvalue weighted by molar-refractivity contribution is 0.641. The van der Waals surface area contributed by atoms with Gasteiger partial charge < -0.3 is 10.7 Å². The zero-order valence-corrected chi connectivity index (χ0v) is 10.0. The zero-order valence-electron chi connectivity index (χ0n) is 10.0. The summed E-state index contributed by atoms with van der Waals surface area (Å²) in [6.07, 6.45) is 3.54. The van der Waals surface area contributed by atoms with Crippen LogP contribution in [0.15, 0.2) is 24.3 Å². The third-order valence-electron chi connectivity index (χ3n) is 3.59. The molecule has 0 bridgehead atoms. The Balaban J connectivity index is 2.01. The molecule has 0 saturated heterocycles. The lowest BCUT2D eigenvalue weighted by Gasteiger charge is -2.03. The minimum absolute atomic E-state index is 0.635. The fraction of sp³-hybridized carbons (Fsp3) is 0.357. The summed E-state index contributed by atoms with van der Waals surface area (Å²) in [6, 6.07) is 7.88. The van der Waals surface area contributed by atoms with Gasteiger partial charge in [-0.1, -0.05) is 19.1 Å². The van der Waals surface area contributed by atoms with Gasteiger partial charge >= 0.3 is 0 Å². The molecule has 88 valence electrons. The molecular formula is C14H17N3. The van der Waals surface area contributed by atoms with E-state index in [1.807, 2.05) is 24.3 Å². The molecule has 17 heavy (non-hydrogen) atoms. The van der Waals surface area contributed by atoms with E-state index in [4.69, 9.17) is 10.7 Å². The van der Waals surface area contributed by atoms with E-state index >= 15 is 0 Å². The van der Waals surface area contributed by atoms with Crippen LogP contribution in [-0.2, 0) is 6.42 Å². The number of nitrogen functional groups attached to an aromatic ring is 1. The zero-order chi connectivity index (χ0) is 11.8. The highest BCUT2D eigenvalue weighted by Crippen LogP contribution is 2.35. The summed E-state index contributed by atoms with van der Waals surface area (Å²) in [5, 5.41) is 0. The van der Waals surface area contributed by atoms with Gasteiger partial charge in [-0.3, -0.25) is 0 Å². The number of aromatic amines is 1. The van der Waals surface area contributed by atoms with Gasteiger partial charge in [0.1, 0.15) is 5.82 Å². The minimum Gasteiger partial charge on any atom is -0.399 e. The van der Waals surface area contributed by atoms with Gasteiger partial charge in [0.05, 0.1) is 5.69 Å². The lowest BCUT2D eigenvalue weighted by Crippen LogP contribution is -1.92. The van der Waals surface area contributed by atoms with Crippen molar-refractivity contribution in [3.05, 3.63) is 35.7 Å². The van der Waals surface area contributed by atoms with Crippen molar-refractivity contribution in [2.75, 3.05) is 5.73 Å². The average Bonchev–Trinajstić information content (AvgIpc) is 2.87. The molecule has 0 fully saturated rings. The highest BCUT2D eigenvalue weighted by Gasteiger charge is 2.25. The first-order valence-corrected chi connectivity index (χ1v) is 6.22. The van der Waals surface area contributed by atoms with E-state index in [-0.39, 0.29) is 0 Å². The number of hydrogen-bond donors (Lipinski definition) is 2. The molecule has 1 aliphatic rings. The van der Waals surface area contributed by atoms with E-state index in [1.54, 1.807) is 0 Å². The third kappa shape index (κ3) is 1.71. The fourth-order valence-electron chi connectivity index (χ4n) is 2.63. The maximum absolute atomic E-state index is 5.80. The highest BCUT2D eigenvalue weighted by molar-refractivity contribution is 5.62. The maximum Gasteiger partial charge on any atom is 0.137 e. The summed E-state index contributed by atoms with van der Waals surface area (Å²) in [5.74, 6) is 1.59. The highest BCUT2D eigenvalue weighted by atomic mass is 15.0. The van der Waals surface area contributed by atoms with E-state index in [9.17, 15) is 0 Å². The number of fused-ring (bicyclic) bond motifs is 1. The number of rotatable bonds is 2. The molecule has 1 atom stereocenters. The predicted molar refractivity (Wildman–Crippen MR) is 69.8 cm³/mol. The lowest BCUT2D eigenvalue weighted by atomic mass is 10.1. The quantitative estimate of drug-likeness (QED) is 0.774. The predicted octanol–water partition coefficient (Wildman–Crippen LogP) is 3.10. The Morgan fingerprint density at radius 3 is 3.12 bits per heavy atom. The molecule has 2 aromatic rings. The van der Waals surface area contributed by atoms with Crippen LogP contribution in [0.1, 0.15) is 37.1 Å². The van der Waals surface area contributed by atoms with Crippen LogP contribution in [0.25, 0.3) is 11.4 Å². The van der Waals surface area contributed by atoms with Gasteiger partial charge in [-0.15, -0.1) is 0 Å². The Kier molecular flexibility index (Phi) is 2.39. The maximum atomic E-state index is 5.80. The number of hydrogen-bond acceptors (Lipinski definition) is 2. The van der Waals surface area contributed by atoms with Gasteiger partial charge in [-0.25, -0.2) is 4.98 Å². The number of imidazole rings is 1. The molecule has 1 unspecified atom stereocenters. The summed E-state index contributed by atoms with van der Waals surface area (Å²) in [4.78, 5) is 8.18. The summed E-state index contributed by atoms with van der Waals surface area (Å²) in [5.41, 5.74) is 10.2. The number of H-pyrrole nitrogens is 1. The largest absolute Gasteiger partial charge is 0.399 e. The van der Waals surface area contributed by atoms with Crippen molar-refractivity contribution in [3.63, 3.8) is 0 Å². The average molecular weight is 227 g/mol. The number of benzene rings is 1. The summed E-state index contributed by atoms with van der Waals surface area (Å²) < 4.78 is 0. The molecule has 0 aliphatic heterocycles. The van der Waals surface area contributed by atoms with Crippen LogP contribution in [0.4, 0.5) is 5.69 Å². The SMILES string of the molecule is CCC1CCc2[nH]c(-c3cccc(N)c3)nc21. The Morgan fingerprint density at radius 2 is 2.35 bits per heavy atom. The number of nitrogens with two attached hydrogens (primary N) is 1. The Bertz CT molecular complexity index is 542. The normalized spacial score (nSPS) is 18.3. The monoisotopic (exact) mass is 227 g/mol. The first-order chi connectivity index (χ1) is 8.28. The van der Waals surface area contributed by atoms with Crippen molar-refractivity contribution in [3.8, 4) is 11.4 Å². The van der Waals surface area contributed by atoms with Crippen LogP contribution in [0.2, 0.25) is 0 Å². The van der Waals surface area contributed by atoms with Crippen molar-refractivity contribution in [2.45, 2.75) is 32.1 Å². The second kappa shape index (κ2) is 3.91. The van der Waals surface area contributed by atoms with Crippen molar-refractivity contribution in [1.29, 1.82) is 0 Å². The van der Waals surface area contributed by atoms with Crippen molar-refractivity contribution in [2.24, 2.45) is 0 Å². The van der Waals surface area contributed by atoms with Crippen LogP contribution >= 0.6 is 0 Å². The topological polar surface area (TPSA) is 54.7 Å². The van der Waals surface area contributed by atoms with E-state index in [1.165, 1.54) is 24.2 Å². The molecular weight excluding hydrogens is 210 g/mol. The summed E-state index contributed by atoms with van der Waals surface area (Å²) >= 11 is 0. The number of aryl methyl sites for hydroxylation is 1. The molecule has 0 spiro atoms. The second-order valence-electron chi connectivity index (χ2n) is 4.72. The number of aromatic nitrogens is 2. The third-order valence-corrected chi connectivity index (χ3v) is 3.59. The molecule has 3 N–H and O–H groups in total. The molecule has 1 aromatic heterocycles. The second-order valence-corrected chi connectivity index (χ2v) is 4.72. The van der Waals surface area contributed by atoms with Crippen molar-refractivity contribution in [1.82, 2.24) is 9.97 Å². The van der Waals surface area contributed by atoms with Gasteiger partial charge in [0.25, 0.3) is 0 Å². The van der Waals surface area contributed by atoms with Crippen molar-refractivity contribution >= 4 is 5.69 Å². The molecule has 0 amide bonds. The number of nitrogens with one attached hydrogen (secondary N) is 1. The first-order valence-electron chi connectivity index (χ1n) is 6.22.